The third kappa shape index (κ3) is 3.15. The monoisotopic (exact) mass is 305 g/mol. The van der Waals surface area contributed by atoms with Gasteiger partial charge < -0.3 is 9.84 Å². The molecule has 0 aromatic heterocycles. The minimum atomic E-state index is -3.42. The lowest BCUT2D eigenvalue weighted by molar-refractivity contribution is -0.148. The van der Waals surface area contributed by atoms with E-state index in [9.17, 15) is 18.3 Å². The van der Waals surface area contributed by atoms with Gasteiger partial charge in [-0.05, 0) is 25.7 Å². The number of aliphatic carboxylic acids is 1. The number of ether oxygens (including phenoxy) is 1. The Morgan fingerprint density at radius 2 is 2.25 bits per heavy atom. The number of sulfonamides is 1. The van der Waals surface area contributed by atoms with Crippen molar-refractivity contribution in [3.05, 3.63) is 0 Å². The van der Waals surface area contributed by atoms with E-state index in [0.29, 0.717) is 26.0 Å². The fraction of sp³-hybridized carbons (Fsp3) is 0.923. The van der Waals surface area contributed by atoms with Crippen LogP contribution in [0.5, 0.6) is 0 Å². The van der Waals surface area contributed by atoms with E-state index in [2.05, 4.69) is 0 Å². The van der Waals surface area contributed by atoms with Gasteiger partial charge in [0.25, 0.3) is 0 Å². The molecule has 116 valence electrons. The lowest BCUT2D eigenvalue weighted by Gasteiger charge is -2.24. The lowest BCUT2D eigenvalue weighted by atomic mass is 9.83. The SMILES string of the molecule is CCCC1(C(=O)O)CCN(S(=O)(=O)CC2CCCO2)C1. The highest BCUT2D eigenvalue weighted by Gasteiger charge is 2.47. The Morgan fingerprint density at radius 1 is 1.50 bits per heavy atom. The maximum atomic E-state index is 12.4. The number of nitrogens with zero attached hydrogens (tertiary/aromatic N) is 1. The Balaban J connectivity index is 2.04. The van der Waals surface area contributed by atoms with Crippen molar-refractivity contribution in [3.8, 4) is 0 Å². The second-order valence-corrected chi connectivity index (χ2v) is 7.85. The van der Waals surface area contributed by atoms with Gasteiger partial charge in [-0.1, -0.05) is 13.3 Å². The third-order valence-electron chi connectivity index (χ3n) is 4.31. The normalized spacial score (nSPS) is 31.8. The second kappa shape index (κ2) is 5.99. The number of carboxylic acids is 1. The van der Waals surface area contributed by atoms with Crippen molar-refractivity contribution in [2.45, 2.75) is 45.1 Å². The molecule has 0 aromatic rings. The van der Waals surface area contributed by atoms with Crippen LogP contribution in [0.3, 0.4) is 0 Å². The lowest BCUT2D eigenvalue weighted by Crippen LogP contribution is -2.39. The largest absolute Gasteiger partial charge is 0.481 e. The van der Waals surface area contributed by atoms with Gasteiger partial charge in [0.05, 0.1) is 17.3 Å². The fourth-order valence-corrected chi connectivity index (χ4v) is 4.91. The van der Waals surface area contributed by atoms with Gasteiger partial charge in [0.1, 0.15) is 0 Å². The molecule has 0 aromatic carbocycles. The highest BCUT2D eigenvalue weighted by atomic mass is 32.2. The summed E-state index contributed by atoms with van der Waals surface area (Å²) in [6.07, 6.45) is 3.11. The third-order valence-corrected chi connectivity index (χ3v) is 6.21. The van der Waals surface area contributed by atoms with Crippen LogP contribution in [0.25, 0.3) is 0 Å². The van der Waals surface area contributed by atoms with Gasteiger partial charge in [0, 0.05) is 19.7 Å². The van der Waals surface area contributed by atoms with Gasteiger partial charge in [-0.3, -0.25) is 4.79 Å². The summed E-state index contributed by atoms with van der Waals surface area (Å²) in [5, 5.41) is 9.42. The number of hydrogen-bond donors (Lipinski definition) is 1. The molecule has 2 unspecified atom stereocenters. The van der Waals surface area contributed by atoms with E-state index in [1.807, 2.05) is 6.92 Å². The molecule has 2 heterocycles. The highest BCUT2D eigenvalue weighted by molar-refractivity contribution is 7.89. The summed E-state index contributed by atoms with van der Waals surface area (Å²) >= 11 is 0. The van der Waals surface area contributed by atoms with Gasteiger partial charge in [0.2, 0.25) is 10.0 Å². The topological polar surface area (TPSA) is 83.9 Å². The first-order valence-electron chi connectivity index (χ1n) is 7.22. The molecule has 0 saturated carbocycles. The molecular weight excluding hydrogens is 282 g/mol. The molecule has 2 fully saturated rings. The number of rotatable bonds is 6. The molecule has 2 atom stereocenters. The standard InChI is InChI=1S/C13H23NO5S/c1-2-5-13(12(15)16)6-7-14(10-13)20(17,18)9-11-4-3-8-19-11/h11H,2-10H2,1H3,(H,15,16). The van der Waals surface area contributed by atoms with Crippen LogP contribution in [0, 0.1) is 5.41 Å². The molecule has 7 heteroatoms. The molecular formula is C13H23NO5S. The van der Waals surface area contributed by atoms with Crippen molar-refractivity contribution in [3.63, 3.8) is 0 Å². The summed E-state index contributed by atoms with van der Waals surface area (Å²) in [6, 6.07) is 0. The molecule has 0 spiro atoms. The van der Waals surface area contributed by atoms with Crippen LogP contribution < -0.4 is 0 Å². The van der Waals surface area contributed by atoms with E-state index in [0.717, 1.165) is 19.3 Å². The van der Waals surface area contributed by atoms with Gasteiger partial charge in [-0.2, -0.15) is 0 Å². The van der Waals surface area contributed by atoms with Crippen LogP contribution in [-0.4, -0.2) is 55.4 Å². The predicted octanol–water partition coefficient (Wildman–Crippen LogP) is 1.07. The number of carboxylic acid groups (broad SMARTS) is 1. The summed E-state index contributed by atoms with van der Waals surface area (Å²) in [6.45, 7) is 2.95. The van der Waals surface area contributed by atoms with Gasteiger partial charge in [-0.25, -0.2) is 12.7 Å². The van der Waals surface area contributed by atoms with Gasteiger partial charge in [0.15, 0.2) is 0 Å². The van der Waals surface area contributed by atoms with Crippen molar-refractivity contribution in [1.29, 1.82) is 0 Å². The summed E-state index contributed by atoms with van der Waals surface area (Å²) in [4.78, 5) is 11.5. The van der Waals surface area contributed by atoms with Crippen LogP contribution in [0.2, 0.25) is 0 Å². The molecule has 2 rings (SSSR count). The Kier molecular flexibility index (Phi) is 4.71. The predicted molar refractivity (Wildman–Crippen MR) is 73.9 cm³/mol. The molecule has 2 aliphatic heterocycles. The van der Waals surface area contributed by atoms with Crippen LogP contribution >= 0.6 is 0 Å². The minimum absolute atomic E-state index is 0.0190. The molecule has 2 aliphatic rings. The Labute approximate surface area is 120 Å². The van der Waals surface area contributed by atoms with Crippen molar-refractivity contribution in [2.75, 3.05) is 25.4 Å². The molecule has 0 bridgehead atoms. The smallest absolute Gasteiger partial charge is 0.311 e. The maximum Gasteiger partial charge on any atom is 0.311 e. The van der Waals surface area contributed by atoms with E-state index >= 15 is 0 Å². The zero-order valence-corrected chi connectivity index (χ0v) is 12.7. The maximum absolute atomic E-state index is 12.4. The molecule has 20 heavy (non-hydrogen) atoms. The van der Waals surface area contributed by atoms with E-state index in [1.54, 1.807) is 0 Å². The van der Waals surface area contributed by atoms with Crippen molar-refractivity contribution in [2.24, 2.45) is 5.41 Å². The second-order valence-electron chi connectivity index (χ2n) is 5.83. The molecule has 0 aliphatic carbocycles. The van der Waals surface area contributed by atoms with Crippen LogP contribution in [0.15, 0.2) is 0 Å². The van der Waals surface area contributed by atoms with E-state index in [-0.39, 0.29) is 18.4 Å². The first kappa shape index (κ1) is 15.7. The van der Waals surface area contributed by atoms with Crippen LogP contribution in [-0.2, 0) is 19.6 Å². The summed E-state index contributed by atoms with van der Waals surface area (Å²) in [7, 11) is -3.42. The molecule has 0 amide bonds. The molecule has 0 radical (unpaired) electrons. The average molecular weight is 305 g/mol. The molecule has 2 saturated heterocycles. The summed E-state index contributed by atoms with van der Waals surface area (Å²) < 4.78 is 31.4. The summed E-state index contributed by atoms with van der Waals surface area (Å²) in [5.74, 6) is -0.899. The van der Waals surface area contributed by atoms with Crippen molar-refractivity contribution in [1.82, 2.24) is 4.31 Å². The molecule has 6 nitrogen and oxygen atoms in total. The van der Waals surface area contributed by atoms with Crippen LogP contribution in [0.1, 0.15) is 39.0 Å². The van der Waals surface area contributed by atoms with E-state index in [4.69, 9.17) is 4.74 Å². The first-order valence-corrected chi connectivity index (χ1v) is 8.83. The van der Waals surface area contributed by atoms with E-state index < -0.39 is 21.4 Å². The first-order chi connectivity index (χ1) is 9.39. The summed E-state index contributed by atoms with van der Waals surface area (Å²) in [5.41, 5.74) is -0.904. The Bertz CT molecular complexity index is 457. The van der Waals surface area contributed by atoms with E-state index in [1.165, 1.54) is 4.31 Å². The highest BCUT2D eigenvalue weighted by Crippen LogP contribution is 2.37. The fourth-order valence-electron chi connectivity index (χ4n) is 3.15. The van der Waals surface area contributed by atoms with Crippen molar-refractivity contribution >= 4 is 16.0 Å². The number of hydrogen-bond acceptors (Lipinski definition) is 4. The number of carbonyl (C=O) groups is 1. The Hall–Kier alpha value is -0.660. The Morgan fingerprint density at radius 3 is 2.80 bits per heavy atom. The van der Waals surface area contributed by atoms with Crippen molar-refractivity contribution < 1.29 is 23.1 Å². The minimum Gasteiger partial charge on any atom is -0.481 e. The zero-order chi connectivity index (χ0) is 14.8. The van der Waals surface area contributed by atoms with Gasteiger partial charge >= 0.3 is 5.97 Å². The molecule has 1 N–H and O–H groups in total. The van der Waals surface area contributed by atoms with Gasteiger partial charge in [-0.15, -0.1) is 0 Å². The van der Waals surface area contributed by atoms with Crippen LogP contribution in [0.4, 0.5) is 0 Å². The average Bonchev–Trinajstić information content (AvgIpc) is 2.99. The quantitative estimate of drug-likeness (QED) is 0.793. The zero-order valence-electron chi connectivity index (χ0n) is 11.9.